The Morgan fingerprint density at radius 3 is 2.57 bits per heavy atom. The number of aryl methyl sites for hydroxylation is 2. The lowest BCUT2D eigenvalue weighted by molar-refractivity contribution is -0.856. The van der Waals surface area contributed by atoms with E-state index >= 15 is 0 Å². The summed E-state index contributed by atoms with van der Waals surface area (Å²) in [5.74, 6) is 0.510. The van der Waals surface area contributed by atoms with Crippen molar-refractivity contribution in [2.75, 3.05) is 38.7 Å². The standard InChI is InChI=1S/C21H24ClN3O2S/c1-14-5-10-18-20(15(14)2)23-21(28-18)25(12-11-24(3)4)19(26)13-27-17-8-6-16(22)7-9-17/h5-10H,11-13H2,1-4H3/p+1. The Hall–Kier alpha value is -2.15. The number of rotatable bonds is 7. The maximum Gasteiger partial charge on any atom is 0.266 e. The molecule has 7 heteroatoms. The van der Waals surface area contributed by atoms with Crippen LogP contribution in [0.5, 0.6) is 5.75 Å². The Kier molecular flexibility index (Phi) is 6.54. The number of fused-ring (bicyclic) bond motifs is 1. The van der Waals surface area contributed by atoms with Crippen LogP contribution in [0.2, 0.25) is 5.02 Å². The van der Waals surface area contributed by atoms with Crippen LogP contribution in [0.4, 0.5) is 5.13 Å². The summed E-state index contributed by atoms with van der Waals surface area (Å²) in [6.45, 7) is 5.51. The first-order valence-corrected chi connectivity index (χ1v) is 10.4. The molecule has 0 bridgehead atoms. The first-order chi connectivity index (χ1) is 13.3. The summed E-state index contributed by atoms with van der Waals surface area (Å²) in [6.07, 6.45) is 0. The fourth-order valence-electron chi connectivity index (χ4n) is 2.75. The highest BCUT2D eigenvalue weighted by Gasteiger charge is 2.22. The average molecular weight is 419 g/mol. The van der Waals surface area contributed by atoms with Crippen LogP contribution in [0.25, 0.3) is 10.2 Å². The molecule has 28 heavy (non-hydrogen) atoms. The van der Waals surface area contributed by atoms with E-state index in [0.717, 1.165) is 27.5 Å². The van der Waals surface area contributed by atoms with E-state index in [2.05, 4.69) is 40.1 Å². The number of nitrogens with zero attached hydrogens (tertiary/aromatic N) is 2. The molecular weight excluding hydrogens is 394 g/mol. The van der Waals surface area contributed by atoms with Crippen LogP contribution in [0, 0.1) is 13.8 Å². The maximum atomic E-state index is 13.0. The van der Waals surface area contributed by atoms with Crippen LogP contribution >= 0.6 is 22.9 Å². The molecule has 2 aromatic carbocycles. The van der Waals surface area contributed by atoms with Crippen LogP contribution in [0.3, 0.4) is 0 Å². The summed E-state index contributed by atoms with van der Waals surface area (Å²) in [5, 5.41) is 1.35. The minimum absolute atomic E-state index is 0.0433. The third-order valence-corrected chi connectivity index (χ3v) is 5.91. The van der Waals surface area contributed by atoms with Crippen LogP contribution in [-0.2, 0) is 4.79 Å². The Morgan fingerprint density at radius 1 is 1.18 bits per heavy atom. The zero-order valence-electron chi connectivity index (χ0n) is 16.6. The molecule has 0 saturated carbocycles. The number of hydrogen-bond donors (Lipinski definition) is 1. The van der Waals surface area contributed by atoms with Crippen molar-refractivity contribution in [1.29, 1.82) is 0 Å². The molecule has 1 N–H and O–H groups in total. The minimum Gasteiger partial charge on any atom is -0.484 e. The maximum absolute atomic E-state index is 13.0. The molecule has 0 aliphatic rings. The number of carbonyl (C=O) groups excluding carboxylic acids is 1. The average Bonchev–Trinajstić information content (AvgIpc) is 3.09. The SMILES string of the molecule is Cc1ccc2sc(N(CC[NH+](C)C)C(=O)COc3ccc(Cl)cc3)nc2c1C. The summed E-state index contributed by atoms with van der Waals surface area (Å²) in [7, 11) is 4.14. The lowest BCUT2D eigenvalue weighted by atomic mass is 10.1. The van der Waals surface area contributed by atoms with Gasteiger partial charge in [-0.3, -0.25) is 9.69 Å². The predicted molar refractivity (Wildman–Crippen MR) is 116 cm³/mol. The molecule has 1 amide bonds. The zero-order chi connectivity index (χ0) is 20.3. The van der Waals surface area contributed by atoms with Gasteiger partial charge in [-0.2, -0.15) is 0 Å². The van der Waals surface area contributed by atoms with Crippen LogP contribution in [0.15, 0.2) is 36.4 Å². The molecule has 0 saturated heterocycles. The largest absolute Gasteiger partial charge is 0.484 e. The van der Waals surface area contributed by atoms with Crippen molar-refractivity contribution in [1.82, 2.24) is 4.98 Å². The van der Waals surface area contributed by atoms with Gasteiger partial charge in [0, 0.05) is 5.02 Å². The van der Waals surface area contributed by atoms with Gasteiger partial charge in [0.25, 0.3) is 5.91 Å². The highest BCUT2D eigenvalue weighted by molar-refractivity contribution is 7.22. The van der Waals surface area contributed by atoms with Gasteiger partial charge in [-0.25, -0.2) is 4.98 Å². The van der Waals surface area contributed by atoms with Crippen LogP contribution in [-0.4, -0.2) is 44.7 Å². The Bertz CT molecular complexity index is 970. The van der Waals surface area contributed by atoms with Gasteiger partial charge in [0.15, 0.2) is 11.7 Å². The summed E-state index contributed by atoms with van der Waals surface area (Å²) in [5.41, 5.74) is 3.32. The van der Waals surface area contributed by atoms with Crippen molar-refractivity contribution in [3.63, 3.8) is 0 Å². The number of ether oxygens (including phenoxy) is 1. The third kappa shape index (κ3) is 4.82. The third-order valence-electron chi connectivity index (χ3n) is 4.62. The van der Waals surface area contributed by atoms with Crippen molar-refractivity contribution < 1.29 is 14.4 Å². The molecule has 0 aliphatic carbocycles. The fraction of sp³-hybridized carbons (Fsp3) is 0.333. The molecule has 3 aromatic rings. The van der Waals surface area contributed by atoms with Crippen LogP contribution < -0.4 is 14.5 Å². The number of nitrogens with one attached hydrogen (secondary N) is 1. The second-order valence-corrected chi connectivity index (χ2v) is 8.54. The van der Waals surface area contributed by atoms with E-state index in [0.29, 0.717) is 17.3 Å². The zero-order valence-corrected chi connectivity index (χ0v) is 18.2. The number of aromatic nitrogens is 1. The highest BCUT2D eigenvalue weighted by Crippen LogP contribution is 2.32. The Balaban J connectivity index is 1.82. The van der Waals surface area contributed by atoms with Crippen LogP contribution in [0.1, 0.15) is 11.1 Å². The van der Waals surface area contributed by atoms with Crippen molar-refractivity contribution in [3.8, 4) is 5.75 Å². The van der Waals surface area contributed by atoms with Crippen molar-refractivity contribution in [2.45, 2.75) is 13.8 Å². The topological polar surface area (TPSA) is 46.9 Å². The molecular formula is C21H25ClN3O2S+. The first kappa shape index (κ1) is 20.6. The smallest absolute Gasteiger partial charge is 0.266 e. The van der Waals surface area contributed by atoms with Crippen molar-refractivity contribution in [3.05, 3.63) is 52.5 Å². The number of likely N-dealkylation sites (N-methyl/N-ethyl adjacent to an activating group) is 1. The first-order valence-electron chi connectivity index (χ1n) is 9.19. The molecule has 148 valence electrons. The summed E-state index contributed by atoms with van der Waals surface area (Å²) < 4.78 is 6.76. The van der Waals surface area contributed by atoms with E-state index in [1.54, 1.807) is 40.5 Å². The lowest BCUT2D eigenvalue weighted by Crippen LogP contribution is -3.06. The normalized spacial score (nSPS) is 11.2. The second kappa shape index (κ2) is 8.90. The van der Waals surface area contributed by atoms with Gasteiger partial charge in [-0.1, -0.05) is 29.0 Å². The molecule has 0 fully saturated rings. The van der Waals surface area contributed by atoms with E-state index in [1.165, 1.54) is 10.5 Å². The number of benzene rings is 2. The lowest BCUT2D eigenvalue weighted by Gasteiger charge is -2.20. The van der Waals surface area contributed by atoms with Gasteiger partial charge < -0.3 is 9.64 Å². The van der Waals surface area contributed by atoms with Crippen molar-refractivity contribution in [2.24, 2.45) is 0 Å². The Morgan fingerprint density at radius 2 is 1.89 bits per heavy atom. The van der Waals surface area contributed by atoms with E-state index in [-0.39, 0.29) is 12.5 Å². The monoisotopic (exact) mass is 418 g/mol. The van der Waals surface area contributed by atoms with Crippen molar-refractivity contribution >= 4 is 44.2 Å². The molecule has 1 heterocycles. The number of anilines is 1. The summed E-state index contributed by atoms with van der Waals surface area (Å²) >= 11 is 7.44. The van der Waals surface area contributed by atoms with E-state index < -0.39 is 0 Å². The quantitative estimate of drug-likeness (QED) is 0.641. The molecule has 0 spiro atoms. The molecule has 0 aliphatic heterocycles. The predicted octanol–water partition coefficient (Wildman–Crippen LogP) is 3.12. The van der Waals surface area contributed by atoms with Gasteiger partial charge in [0.05, 0.1) is 37.4 Å². The second-order valence-electron chi connectivity index (χ2n) is 7.10. The van der Waals surface area contributed by atoms with E-state index in [4.69, 9.17) is 21.3 Å². The van der Waals surface area contributed by atoms with Gasteiger partial charge >= 0.3 is 0 Å². The van der Waals surface area contributed by atoms with Gasteiger partial charge in [-0.05, 0) is 55.3 Å². The number of amides is 1. The molecule has 0 unspecified atom stereocenters. The van der Waals surface area contributed by atoms with E-state index in [9.17, 15) is 4.79 Å². The minimum atomic E-state index is -0.107. The summed E-state index contributed by atoms with van der Waals surface area (Å²) in [6, 6.07) is 11.2. The number of halogens is 1. The van der Waals surface area contributed by atoms with E-state index in [1.807, 2.05) is 0 Å². The van der Waals surface area contributed by atoms with Gasteiger partial charge in [-0.15, -0.1) is 0 Å². The Labute approximate surface area is 174 Å². The molecule has 5 nitrogen and oxygen atoms in total. The molecule has 1 aromatic heterocycles. The fourth-order valence-corrected chi connectivity index (χ4v) is 3.94. The molecule has 0 atom stereocenters. The number of thiazole rings is 1. The number of carbonyl (C=O) groups is 1. The van der Waals surface area contributed by atoms with Gasteiger partial charge in [0.2, 0.25) is 0 Å². The van der Waals surface area contributed by atoms with Gasteiger partial charge in [0.1, 0.15) is 5.75 Å². The number of quaternary nitrogens is 1. The summed E-state index contributed by atoms with van der Waals surface area (Å²) in [4.78, 5) is 20.7. The molecule has 3 rings (SSSR count). The molecule has 0 radical (unpaired) electrons. The highest BCUT2D eigenvalue weighted by atomic mass is 35.5. The number of hydrogen-bond acceptors (Lipinski definition) is 4.